The number of halogens is 1. The molecule has 2 aromatic carbocycles. The summed E-state index contributed by atoms with van der Waals surface area (Å²) in [5.41, 5.74) is 2.20. The Hall–Kier alpha value is -4.29. The molecule has 0 bridgehead atoms. The molecule has 6 rings (SSSR count). The maximum Gasteiger partial charge on any atom is 0.248 e. The average molecular weight is 589 g/mol. The molecule has 0 saturated carbocycles. The standard InChI is InChI=1S/C30H29ClN6O5/c31-22-12-19(6-7-26(22)42-17-20-4-1-2-8-32-20)35-30-21-13-24(25(38)14-23(21)33-18-34-30)36-29(39)5-3-9-37-15-27-28(16-37)41-11-10-40-27/h1-8,12-14,18,27-28,38H,9-11,15-17H2,(H,36,39)(H,33,34,35). The zero-order valence-electron chi connectivity index (χ0n) is 22.6. The highest BCUT2D eigenvalue weighted by atomic mass is 35.5. The number of carbonyl (C=O) groups is 1. The summed E-state index contributed by atoms with van der Waals surface area (Å²) in [6, 6.07) is 14.0. The fraction of sp³-hybridized carbons (Fsp3) is 0.267. The molecular formula is C30H29ClN6O5. The number of carbonyl (C=O) groups excluding carboxylic acids is 1. The minimum absolute atomic E-state index is 0.0834. The predicted octanol–water partition coefficient (Wildman–Crippen LogP) is 4.30. The number of aromatic hydroxyl groups is 1. The van der Waals surface area contributed by atoms with Crippen molar-refractivity contribution in [1.29, 1.82) is 0 Å². The predicted molar refractivity (Wildman–Crippen MR) is 158 cm³/mol. The molecular weight excluding hydrogens is 560 g/mol. The first kappa shape index (κ1) is 27.9. The molecule has 3 N–H and O–H groups in total. The van der Waals surface area contributed by atoms with Gasteiger partial charge in [0.25, 0.3) is 0 Å². The van der Waals surface area contributed by atoms with Crippen LogP contribution in [-0.2, 0) is 20.9 Å². The lowest BCUT2D eigenvalue weighted by Crippen LogP contribution is -2.36. The normalized spacial score (nSPS) is 18.7. The van der Waals surface area contributed by atoms with Gasteiger partial charge in [0, 0.05) is 49.0 Å². The van der Waals surface area contributed by atoms with Crippen molar-refractivity contribution < 1.29 is 24.1 Å². The second-order valence-electron chi connectivity index (χ2n) is 9.92. The lowest BCUT2D eigenvalue weighted by Gasteiger charge is -2.24. The van der Waals surface area contributed by atoms with Crippen molar-refractivity contribution in [2.45, 2.75) is 18.8 Å². The number of anilines is 3. The molecule has 12 heteroatoms. The number of rotatable bonds is 9. The summed E-state index contributed by atoms with van der Waals surface area (Å²) in [6.45, 7) is 3.66. The van der Waals surface area contributed by atoms with Gasteiger partial charge in [-0.1, -0.05) is 23.7 Å². The smallest absolute Gasteiger partial charge is 0.248 e. The van der Waals surface area contributed by atoms with Gasteiger partial charge in [-0.2, -0.15) is 0 Å². The van der Waals surface area contributed by atoms with E-state index in [1.807, 2.05) is 24.3 Å². The molecule has 2 aliphatic heterocycles. The van der Waals surface area contributed by atoms with Crippen LogP contribution in [0.15, 0.2) is 73.2 Å². The number of likely N-dealkylation sites (tertiary alicyclic amines) is 1. The molecule has 42 heavy (non-hydrogen) atoms. The third kappa shape index (κ3) is 6.60. The maximum absolute atomic E-state index is 12.7. The first-order chi connectivity index (χ1) is 20.5. The molecule has 2 unspecified atom stereocenters. The van der Waals surface area contributed by atoms with Gasteiger partial charge in [-0.15, -0.1) is 0 Å². The highest BCUT2D eigenvalue weighted by molar-refractivity contribution is 6.32. The van der Waals surface area contributed by atoms with Crippen molar-refractivity contribution in [1.82, 2.24) is 19.9 Å². The van der Waals surface area contributed by atoms with E-state index in [0.29, 0.717) is 59.5 Å². The zero-order valence-corrected chi connectivity index (χ0v) is 23.3. The molecule has 11 nitrogen and oxygen atoms in total. The second-order valence-corrected chi connectivity index (χ2v) is 10.3. The number of hydrogen-bond acceptors (Lipinski definition) is 10. The molecule has 0 spiro atoms. The van der Waals surface area contributed by atoms with E-state index in [1.165, 1.54) is 18.5 Å². The lowest BCUT2D eigenvalue weighted by atomic mass is 10.2. The van der Waals surface area contributed by atoms with E-state index in [0.717, 1.165) is 18.8 Å². The number of phenolic OH excluding ortho intramolecular Hbond substituents is 1. The van der Waals surface area contributed by atoms with Crippen LogP contribution in [0, 0.1) is 0 Å². The summed E-state index contributed by atoms with van der Waals surface area (Å²) in [7, 11) is 0. The number of nitrogens with zero attached hydrogens (tertiary/aromatic N) is 4. The van der Waals surface area contributed by atoms with Gasteiger partial charge < -0.3 is 30.0 Å². The molecule has 2 aromatic heterocycles. The highest BCUT2D eigenvalue weighted by Crippen LogP contribution is 2.34. The van der Waals surface area contributed by atoms with Crippen LogP contribution in [0.5, 0.6) is 11.5 Å². The topological polar surface area (TPSA) is 131 Å². The van der Waals surface area contributed by atoms with Gasteiger partial charge in [-0.25, -0.2) is 9.97 Å². The first-order valence-electron chi connectivity index (χ1n) is 13.5. The van der Waals surface area contributed by atoms with Crippen LogP contribution in [-0.4, -0.2) is 75.9 Å². The number of fused-ring (bicyclic) bond motifs is 2. The molecule has 2 aliphatic rings. The average Bonchev–Trinajstić information content (AvgIpc) is 3.41. The van der Waals surface area contributed by atoms with E-state index >= 15 is 0 Å². The van der Waals surface area contributed by atoms with Crippen LogP contribution in [0.2, 0.25) is 5.02 Å². The van der Waals surface area contributed by atoms with Crippen LogP contribution >= 0.6 is 11.6 Å². The van der Waals surface area contributed by atoms with Gasteiger partial charge in [0.15, 0.2) is 0 Å². The summed E-state index contributed by atoms with van der Waals surface area (Å²) in [6.07, 6.45) is 6.50. The third-order valence-corrected chi connectivity index (χ3v) is 7.27. The number of hydrogen-bond donors (Lipinski definition) is 3. The van der Waals surface area contributed by atoms with Crippen molar-refractivity contribution in [2.24, 2.45) is 0 Å². The summed E-state index contributed by atoms with van der Waals surface area (Å²) in [4.78, 5) is 27.7. The number of ether oxygens (including phenoxy) is 3. The monoisotopic (exact) mass is 588 g/mol. The summed E-state index contributed by atoms with van der Waals surface area (Å²) >= 11 is 6.48. The Labute approximate surface area is 247 Å². The molecule has 2 atom stereocenters. The van der Waals surface area contributed by atoms with E-state index in [9.17, 15) is 9.90 Å². The van der Waals surface area contributed by atoms with E-state index in [1.54, 1.807) is 30.5 Å². The van der Waals surface area contributed by atoms with E-state index < -0.39 is 0 Å². The van der Waals surface area contributed by atoms with Crippen LogP contribution in [0.25, 0.3) is 10.9 Å². The Bertz CT molecular complexity index is 1590. The van der Waals surface area contributed by atoms with Crippen LogP contribution in [0.3, 0.4) is 0 Å². The SMILES string of the molecule is O=C(C=CCN1CC2OCCOC2C1)Nc1cc2c(Nc3ccc(OCc4ccccn4)c(Cl)c3)ncnc2cc1O. The van der Waals surface area contributed by atoms with Crippen molar-refractivity contribution >= 4 is 45.6 Å². The van der Waals surface area contributed by atoms with Crippen molar-refractivity contribution in [3.63, 3.8) is 0 Å². The Kier molecular flexibility index (Phi) is 8.42. The van der Waals surface area contributed by atoms with Gasteiger partial charge >= 0.3 is 0 Å². The van der Waals surface area contributed by atoms with Crippen LogP contribution < -0.4 is 15.4 Å². The Morgan fingerprint density at radius 2 is 1.93 bits per heavy atom. The molecule has 2 saturated heterocycles. The summed E-state index contributed by atoms with van der Waals surface area (Å²) in [5, 5.41) is 17.6. The number of nitrogens with one attached hydrogen (secondary N) is 2. The first-order valence-corrected chi connectivity index (χ1v) is 13.9. The number of pyridine rings is 1. The minimum atomic E-state index is -0.367. The molecule has 4 aromatic rings. The van der Waals surface area contributed by atoms with E-state index in [4.69, 9.17) is 25.8 Å². The van der Waals surface area contributed by atoms with Gasteiger partial charge in [0.05, 0.1) is 47.3 Å². The Morgan fingerprint density at radius 1 is 1.10 bits per heavy atom. The van der Waals surface area contributed by atoms with E-state index in [2.05, 4.69) is 30.5 Å². The van der Waals surface area contributed by atoms with Crippen molar-refractivity contribution in [3.8, 4) is 11.5 Å². The Balaban J connectivity index is 1.11. The summed E-state index contributed by atoms with van der Waals surface area (Å²) < 4.78 is 17.3. The van der Waals surface area contributed by atoms with Gasteiger partial charge in [0.2, 0.25) is 5.91 Å². The molecule has 2 fully saturated rings. The number of benzene rings is 2. The van der Waals surface area contributed by atoms with Crippen molar-refractivity contribution in [2.75, 3.05) is 43.5 Å². The zero-order chi connectivity index (χ0) is 28.9. The van der Waals surface area contributed by atoms with Crippen molar-refractivity contribution in [3.05, 3.63) is 83.9 Å². The molecule has 0 radical (unpaired) electrons. The lowest BCUT2D eigenvalue weighted by molar-refractivity contribution is -0.116. The molecule has 216 valence electrons. The molecule has 1 amide bonds. The minimum Gasteiger partial charge on any atom is -0.506 e. The number of phenols is 1. The van der Waals surface area contributed by atoms with Gasteiger partial charge in [-0.3, -0.25) is 14.7 Å². The number of aromatic nitrogens is 3. The van der Waals surface area contributed by atoms with Crippen LogP contribution in [0.4, 0.5) is 17.2 Å². The van der Waals surface area contributed by atoms with E-state index in [-0.39, 0.29) is 29.6 Å². The van der Waals surface area contributed by atoms with Gasteiger partial charge in [-0.05, 0) is 36.4 Å². The molecule has 0 aliphatic carbocycles. The highest BCUT2D eigenvalue weighted by Gasteiger charge is 2.35. The largest absolute Gasteiger partial charge is 0.506 e. The fourth-order valence-electron chi connectivity index (χ4n) is 4.93. The quantitative estimate of drug-likeness (QED) is 0.192. The fourth-order valence-corrected chi connectivity index (χ4v) is 5.16. The number of amides is 1. The molecule has 4 heterocycles. The summed E-state index contributed by atoms with van der Waals surface area (Å²) in [5.74, 6) is 0.523. The van der Waals surface area contributed by atoms with Gasteiger partial charge in [0.1, 0.15) is 30.3 Å². The third-order valence-electron chi connectivity index (χ3n) is 6.98. The van der Waals surface area contributed by atoms with Crippen LogP contribution in [0.1, 0.15) is 5.69 Å². The Morgan fingerprint density at radius 3 is 2.69 bits per heavy atom. The second kappa shape index (κ2) is 12.7. The maximum atomic E-state index is 12.7.